The van der Waals surface area contributed by atoms with Gasteiger partial charge < -0.3 is 5.32 Å². The molecule has 0 bridgehead atoms. The summed E-state index contributed by atoms with van der Waals surface area (Å²) in [5.41, 5.74) is 0.833. The quantitative estimate of drug-likeness (QED) is 0.671. The molecule has 1 unspecified atom stereocenters. The van der Waals surface area contributed by atoms with E-state index in [4.69, 9.17) is 0 Å². The Kier molecular flexibility index (Phi) is 3.75. The first kappa shape index (κ1) is 13.1. The van der Waals surface area contributed by atoms with E-state index in [1.165, 1.54) is 18.2 Å². The second kappa shape index (κ2) is 5.14. The lowest BCUT2D eigenvalue weighted by atomic mass is 10.1. The molecule has 1 N–H and O–H groups in total. The Morgan fingerprint density at radius 1 is 1.61 bits per heavy atom. The fraction of sp³-hybridized carbons (Fsp3) is 0.583. The second-order valence-electron chi connectivity index (χ2n) is 4.83. The van der Waals surface area contributed by atoms with Gasteiger partial charge in [0.05, 0.1) is 4.92 Å². The first-order chi connectivity index (χ1) is 8.50. The van der Waals surface area contributed by atoms with Crippen molar-refractivity contribution < 1.29 is 4.92 Å². The van der Waals surface area contributed by atoms with Crippen molar-refractivity contribution in [2.45, 2.75) is 31.4 Å². The monoisotopic (exact) mass is 267 g/mol. The highest BCUT2D eigenvalue weighted by atomic mass is 32.2. The molecule has 1 fully saturated rings. The molecule has 1 aliphatic rings. The standard InChI is InChI=1S/C12H17N3O2S/c1-9-4-5-10(15(16)17)11(14-9)13-8-12(2)6-3-7-18-12/h4-5H,3,6-8H2,1-2H3,(H,13,14). The second-order valence-corrected chi connectivity index (χ2v) is 6.52. The number of pyridine rings is 1. The number of aryl methyl sites for hydroxylation is 1. The molecule has 1 aromatic heterocycles. The van der Waals surface area contributed by atoms with Gasteiger partial charge in [0.15, 0.2) is 0 Å². The smallest absolute Gasteiger partial charge is 0.311 e. The predicted octanol–water partition coefficient (Wildman–Crippen LogP) is 3.00. The molecule has 5 nitrogen and oxygen atoms in total. The van der Waals surface area contributed by atoms with Crippen LogP contribution in [0, 0.1) is 17.0 Å². The van der Waals surface area contributed by atoms with Crippen LogP contribution in [0.1, 0.15) is 25.5 Å². The van der Waals surface area contributed by atoms with Crippen molar-refractivity contribution in [2.24, 2.45) is 0 Å². The summed E-state index contributed by atoms with van der Waals surface area (Å²) in [6, 6.07) is 3.17. The number of hydrogen-bond acceptors (Lipinski definition) is 5. The SMILES string of the molecule is Cc1ccc([N+](=O)[O-])c(NCC2(C)CCCS2)n1. The maximum Gasteiger partial charge on any atom is 0.311 e. The maximum atomic E-state index is 10.9. The number of nitrogens with zero attached hydrogens (tertiary/aromatic N) is 2. The molecule has 2 heterocycles. The van der Waals surface area contributed by atoms with Crippen LogP contribution in [0.4, 0.5) is 11.5 Å². The highest BCUT2D eigenvalue weighted by Gasteiger charge is 2.30. The third-order valence-electron chi connectivity index (χ3n) is 3.14. The Labute approximate surface area is 111 Å². The van der Waals surface area contributed by atoms with Crippen LogP contribution in [-0.4, -0.2) is 27.0 Å². The minimum atomic E-state index is -0.390. The molecule has 18 heavy (non-hydrogen) atoms. The molecular formula is C12H17N3O2S. The maximum absolute atomic E-state index is 10.9. The first-order valence-electron chi connectivity index (χ1n) is 6.00. The molecule has 1 atom stereocenters. The molecule has 1 saturated heterocycles. The van der Waals surface area contributed by atoms with Gasteiger partial charge in [-0.05, 0) is 38.5 Å². The van der Waals surface area contributed by atoms with Gasteiger partial charge in [0.2, 0.25) is 5.82 Å². The molecular weight excluding hydrogens is 250 g/mol. The molecule has 6 heteroatoms. The van der Waals surface area contributed by atoms with Crippen molar-refractivity contribution in [1.82, 2.24) is 4.98 Å². The van der Waals surface area contributed by atoms with Gasteiger partial charge in [-0.15, -0.1) is 0 Å². The van der Waals surface area contributed by atoms with Crippen molar-refractivity contribution in [3.63, 3.8) is 0 Å². The van der Waals surface area contributed by atoms with E-state index in [1.54, 1.807) is 6.07 Å². The summed E-state index contributed by atoms with van der Waals surface area (Å²) in [4.78, 5) is 14.8. The topological polar surface area (TPSA) is 68.1 Å². The fourth-order valence-corrected chi connectivity index (χ4v) is 3.32. The predicted molar refractivity (Wildman–Crippen MR) is 74.2 cm³/mol. The number of rotatable bonds is 4. The molecule has 0 aromatic carbocycles. The van der Waals surface area contributed by atoms with Crippen LogP contribution in [0.2, 0.25) is 0 Å². The highest BCUT2D eigenvalue weighted by molar-refractivity contribution is 8.00. The lowest BCUT2D eigenvalue weighted by Crippen LogP contribution is -2.27. The van der Waals surface area contributed by atoms with E-state index < -0.39 is 0 Å². The summed E-state index contributed by atoms with van der Waals surface area (Å²) >= 11 is 1.92. The number of nitrogens with one attached hydrogen (secondary N) is 1. The van der Waals surface area contributed by atoms with Gasteiger partial charge in [-0.1, -0.05) is 0 Å². The van der Waals surface area contributed by atoms with E-state index in [9.17, 15) is 10.1 Å². The summed E-state index contributed by atoms with van der Waals surface area (Å²) < 4.78 is 0.166. The average Bonchev–Trinajstić information content (AvgIpc) is 2.74. The largest absolute Gasteiger partial charge is 0.363 e. The normalized spacial score (nSPS) is 23.0. The van der Waals surface area contributed by atoms with Gasteiger partial charge >= 0.3 is 5.69 Å². The molecule has 0 aliphatic carbocycles. The molecule has 0 amide bonds. The number of thioether (sulfide) groups is 1. The van der Waals surface area contributed by atoms with E-state index in [0.29, 0.717) is 5.82 Å². The fourth-order valence-electron chi connectivity index (χ4n) is 2.07. The van der Waals surface area contributed by atoms with Crippen molar-refractivity contribution in [3.8, 4) is 0 Å². The number of aromatic nitrogens is 1. The zero-order valence-electron chi connectivity index (χ0n) is 10.6. The van der Waals surface area contributed by atoms with Crippen molar-refractivity contribution >= 4 is 23.3 Å². The Balaban J connectivity index is 2.12. The van der Waals surface area contributed by atoms with Crippen LogP contribution in [0.5, 0.6) is 0 Å². The van der Waals surface area contributed by atoms with Gasteiger partial charge in [0, 0.05) is 23.1 Å². The Morgan fingerprint density at radius 2 is 2.39 bits per heavy atom. The summed E-state index contributed by atoms with van der Waals surface area (Å²) in [5, 5.41) is 14.1. The zero-order chi connectivity index (χ0) is 13.2. The molecule has 98 valence electrons. The van der Waals surface area contributed by atoms with Crippen molar-refractivity contribution in [2.75, 3.05) is 17.6 Å². The van der Waals surface area contributed by atoms with E-state index in [1.807, 2.05) is 18.7 Å². The van der Waals surface area contributed by atoms with Crippen LogP contribution < -0.4 is 5.32 Å². The van der Waals surface area contributed by atoms with Crippen LogP contribution in [-0.2, 0) is 0 Å². The molecule has 0 saturated carbocycles. The van der Waals surface area contributed by atoms with Crippen molar-refractivity contribution in [1.29, 1.82) is 0 Å². The van der Waals surface area contributed by atoms with Crippen LogP contribution in [0.3, 0.4) is 0 Å². The van der Waals surface area contributed by atoms with E-state index in [-0.39, 0.29) is 15.4 Å². The Morgan fingerprint density at radius 3 is 3.00 bits per heavy atom. The minimum absolute atomic E-state index is 0.0483. The lowest BCUT2D eigenvalue weighted by molar-refractivity contribution is -0.384. The van der Waals surface area contributed by atoms with E-state index in [2.05, 4.69) is 17.2 Å². The first-order valence-corrected chi connectivity index (χ1v) is 6.99. The minimum Gasteiger partial charge on any atom is -0.363 e. The van der Waals surface area contributed by atoms with Crippen LogP contribution in [0.15, 0.2) is 12.1 Å². The molecule has 1 aromatic rings. The zero-order valence-corrected chi connectivity index (χ0v) is 11.4. The third kappa shape index (κ3) is 2.93. The Hall–Kier alpha value is -1.30. The van der Waals surface area contributed by atoms with Gasteiger partial charge in [-0.25, -0.2) is 4.98 Å². The number of hydrogen-bond donors (Lipinski definition) is 1. The van der Waals surface area contributed by atoms with Crippen molar-refractivity contribution in [3.05, 3.63) is 27.9 Å². The molecule has 0 radical (unpaired) electrons. The molecule has 2 rings (SSSR count). The summed E-state index contributed by atoms with van der Waals surface area (Å²) in [6.45, 7) is 4.75. The molecule has 0 spiro atoms. The summed E-state index contributed by atoms with van der Waals surface area (Å²) in [6.07, 6.45) is 2.36. The highest BCUT2D eigenvalue weighted by Crippen LogP contribution is 2.38. The Bertz CT molecular complexity index is 459. The molecule has 1 aliphatic heterocycles. The lowest BCUT2D eigenvalue weighted by Gasteiger charge is -2.23. The van der Waals surface area contributed by atoms with Gasteiger partial charge in [-0.2, -0.15) is 11.8 Å². The third-order valence-corrected chi connectivity index (χ3v) is 4.68. The van der Waals surface area contributed by atoms with Crippen LogP contribution in [0.25, 0.3) is 0 Å². The number of nitro groups is 1. The average molecular weight is 267 g/mol. The summed E-state index contributed by atoms with van der Waals surface area (Å²) in [5.74, 6) is 1.55. The van der Waals surface area contributed by atoms with Crippen LogP contribution >= 0.6 is 11.8 Å². The van der Waals surface area contributed by atoms with E-state index in [0.717, 1.165) is 18.7 Å². The van der Waals surface area contributed by atoms with Gasteiger partial charge in [0.1, 0.15) is 0 Å². The van der Waals surface area contributed by atoms with Gasteiger partial charge in [0.25, 0.3) is 0 Å². The van der Waals surface area contributed by atoms with E-state index >= 15 is 0 Å². The number of anilines is 1. The van der Waals surface area contributed by atoms with Gasteiger partial charge in [-0.3, -0.25) is 10.1 Å². The summed E-state index contributed by atoms with van der Waals surface area (Å²) in [7, 11) is 0.